The summed E-state index contributed by atoms with van der Waals surface area (Å²) in [5, 5.41) is 114. The van der Waals surface area contributed by atoms with Crippen molar-refractivity contribution in [2.24, 2.45) is 50.3 Å². The van der Waals surface area contributed by atoms with Crippen molar-refractivity contribution in [1.82, 2.24) is 60.8 Å². The summed E-state index contributed by atoms with van der Waals surface area (Å²) in [6, 6.07) is 30.1. The Hall–Kier alpha value is -11.6. The summed E-state index contributed by atoms with van der Waals surface area (Å²) >= 11 is 0. The van der Waals surface area contributed by atoms with Crippen molar-refractivity contribution in [3.63, 3.8) is 0 Å². The Bertz CT molecular complexity index is 5500. The van der Waals surface area contributed by atoms with Crippen molar-refractivity contribution in [3.05, 3.63) is 249 Å². The van der Waals surface area contributed by atoms with Crippen LogP contribution < -0.4 is 32.8 Å². The molecule has 10 aromatic rings. The Labute approximate surface area is 704 Å². The largest absolute Gasteiger partial charge is 0.390 e. The summed E-state index contributed by atoms with van der Waals surface area (Å²) < 4.78 is 0. The van der Waals surface area contributed by atoms with E-state index in [-0.39, 0.29) is 76.4 Å². The number of aromatic amines is 7. The van der Waals surface area contributed by atoms with Crippen LogP contribution in [-0.2, 0) is 16.0 Å². The van der Waals surface area contributed by atoms with Crippen LogP contribution in [0.4, 0.5) is 17.1 Å². The molecular formula is C92H110N16O14. The molecule has 8 aliphatic rings. The van der Waals surface area contributed by atoms with Crippen LogP contribution in [0.25, 0.3) is 51.3 Å². The molecule has 5 saturated carbocycles. The maximum absolute atomic E-state index is 11.8. The van der Waals surface area contributed by atoms with Gasteiger partial charge in [0.25, 0.3) is 11.1 Å². The van der Waals surface area contributed by atoms with E-state index in [1.807, 2.05) is 122 Å². The minimum atomic E-state index is -0.898. The van der Waals surface area contributed by atoms with Crippen LogP contribution in [0.15, 0.2) is 191 Å². The van der Waals surface area contributed by atoms with Crippen molar-refractivity contribution in [1.29, 1.82) is 0 Å². The van der Waals surface area contributed by atoms with Gasteiger partial charge in [-0.3, -0.25) is 9.59 Å². The summed E-state index contributed by atoms with van der Waals surface area (Å²) in [6.07, 6.45) is 29.4. The van der Waals surface area contributed by atoms with Crippen molar-refractivity contribution in [3.8, 4) is 0 Å². The number of hydrogen-bond donors (Lipinski definition) is 21. The summed E-state index contributed by atoms with van der Waals surface area (Å²) in [4.78, 5) is 81.9. The number of nitrogens with zero attached hydrogens (tertiary/aromatic N) is 5. The van der Waals surface area contributed by atoms with E-state index in [2.05, 4.69) is 115 Å². The summed E-state index contributed by atoms with van der Waals surface area (Å²) in [5.41, 5.74) is 22.1. The first-order valence-electron chi connectivity index (χ1n) is 41.8. The lowest BCUT2D eigenvalue weighted by Crippen LogP contribution is -2.27. The summed E-state index contributed by atoms with van der Waals surface area (Å²) in [5.74, 6) is -0.751. The number of hydrogen-bond acceptors (Lipinski definition) is 23. The number of rotatable bonds is 20. The monoisotopic (exact) mass is 1660 g/mol. The van der Waals surface area contributed by atoms with Gasteiger partial charge < -0.3 is 108 Å². The molecule has 30 heteroatoms. The molecule has 3 aliphatic heterocycles. The molecule has 20 atom stereocenters. The van der Waals surface area contributed by atoms with E-state index in [1.54, 1.807) is 31.4 Å². The highest BCUT2D eigenvalue weighted by molar-refractivity contribution is 5.88. The number of aliphatic hydroxyl groups excluding tert-OH is 10. The second kappa shape index (κ2) is 40.8. The van der Waals surface area contributed by atoms with Gasteiger partial charge in [0, 0.05) is 100 Å². The number of aromatic nitrogens is 9. The summed E-state index contributed by atoms with van der Waals surface area (Å²) in [7, 11) is 0. The molecule has 30 nitrogen and oxygen atoms in total. The van der Waals surface area contributed by atoms with E-state index in [9.17, 15) is 60.7 Å². The van der Waals surface area contributed by atoms with Crippen LogP contribution in [0.2, 0.25) is 0 Å². The van der Waals surface area contributed by atoms with Crippen molar-refractivity contribution in [2.45, 2.75) is 187 Å². The molecule has 122 heavy (non-hydrogen) atoms. The van der Waals surface area contributed by atoms with Gasteiger partial charge in [0.1, 0.15) is 11.0 Å². The number of fused-ring (bicyclic) bond motifs is 5. The molecule has 0 amide bonds. The second-order valence-electron chi connectivity index (χ2n) is 32.6. The van der Waals surface area contributed by atoms with Gasteiger partial charge in [-0.15, -0.1) is 0 Å². The fourth-order valence-electron chi connectivity index (χ4n) is 18.6. The predicted molar refractivity (Wildman–Crippen MR) is 469 cm³/mol. The van der Waals surface area contributed by atoms with Gasteiger partial charge in [-0.05, 0) is 105 Å². The Morgan fingerprint density at radius 2 is 0.762 bits per heavy atom. The lowest BCUT2D eigenvalue weighted by atomic mass is 9.93. The van der Waals surface area contributed by atoms with Crippen molar-refractivity contribution >= 4 is 93.5 Å². The molecule has 0 radical (unpaired) electrons. The van der Waals surface area contributed by atoms with Gasteiger partial charge in [0.15, 0.2) is 0 Å². The topological polar surface area (TPSA) is 506 Å². The maximum atomic E-state index is 11.8. The second-order valence-corrected chi connectivity index (χ2v) is 32.6. The van der Waals surface area contributed by atoms with E-state index in [1.165, 1.54) is 18.2 Å². The van der Waals surface area contributed by atoms with Crippen molar-refractivity contribution in [2.75, 3.05) is 6.54 Å². The zero-order chi connectivity index (χ0) is 86.3. The number of aliphatic imine (C=N–C) groups is 3. The van der Waals surface area contributed by atoms with Gasteiger partial charge in [-0.1, -0.05) is 168 Å². The molecule has 0 spiro atoms. The molecule has 22 N–H and O–H groups in total. The zero-order valence-corrected chi connectivity index (χ0v) is 67.9. The van der Waals surface area contributed by atoms with E-state index in [0.717, 1.165) is 161 Å². The molecule has 0 unspecified atom stereocenters. The SMILES string of the molecule is C=C1NC=Nc2c([C@@H]3C[C@H](/C=C/c4ccccc4)[C@@H](O)[C@H]3O)c[nH]c21.C=C1NC=Nc2c([C@@H]3C[C@H](CCCC)[C@@H](O)[C@H]3O)c[nH]c21.C=C1NC=Nc2c([C@@H]3C[C@H](CCc4ccccc4)[C@@H](O)[C@H]3O)c[nH]c21.NCCCCC[C@H]1C[C@@H](c2c[nH]c3c(=O)[nH]cnc23)[C@H](O)[C@@H]1O.O=C=O.O=c1[nH]cnc2c([C@@H]3C[C@H](/C=C\c4ccccc4)[C@@H](O)[C@H]3O)c[nH]c12. The molecule has 18 rings (SSSR count). The molecule has 0 saturated heterocycles. The Kier molecular flexibility index (Phi) is 29.5. The molecule has 3 aromatic carbocycles. The quantitative estimate of drug-likeness (QED) is 0.0316. The first-order valence-corrected chi connectivity index (χ1v) is 41.8. The molecular weight excluding hydrogens is 1550 g/mol. The first kappa shape index (κ1) is 88.2. The van der Waals surface area contributed by atoms with Gasteiger partial charge in [0.2, 0.25) is 0 Å². The highest BCUT2D eigenvalue weighted by Gasteiger charge is 2.48. The standard InChI is InChI=1S/C20H23N3O2.C20H21N3O2.C19H19N3O3.C16H24N4O3.C16H23N3O2.CO2/c2*1-12-17-18(23-11-22-12)16(10-21-17)15-9-14(19(24)20(15)25)8-7-13-5-3-2-4-6-13;23-17-12(7-6-11-4-2-1-3-5-11)8-13(18(17)24)14-9-20-16-15(14)21-10-22-19(16)25;17-5-3-1-2-4-9-6-10(15(22)14(9)21)11-7-18-13-12(11)19-8-20-16(13)23;1-3-4-5-10-6-11(16(21)15(10)20)12-7-17-13-9(2)18-8-19-14(12)13;2-1-3/h2-6,10-11,14-15,19-21,24-25H,1,7-9H2,(H,22,23);2-8,10-11,14-15,19-21,24-25H,1,9H2,(H,22,23);1-7,9-10,12-13,17-18,20,23-24H,8H2,(H,21,22,25);7-10,14-15,18,21-22H,1-6,17H2,(H,19,20,23);7-8,10-11,15-17,20-21H,2-6H2,1H3,(H,18,19);/b;8-7+;7-6-;;;/t2*14-,15-,19+,20-;12-,13-,17+,18-;9-,10-,14+,15-;10-,11-,15+,16-;/m00000./s1. The third-order valence-electron chi connectivity index (χ3n) is 25.2. The van der Waals surface area contributed by atoms with Crippen LogP contribution >= 0.6 is 0 Å². The number of benzene rings is 3. The first-order chi connectivity index (χ1) is 59.1. The van der Waals surface area contributed by atoms with Gasteiger partial charge in [0.05, 0.1) is 155 Å². The van der Waals surface area contributed by atoms with Gasteiger partial charge in [-0.2, -0.15) is 9.59 Å². The molecule has 7 aromatic heterocycles. The number of nitrogens with two attached hydrogens (primary N) is 1. The highest BCUT2D eigenvalue weighted by Crippen LogP contribution is 2.50. The van der Waals surface area contributed by atoms with Crippen LogP contribution in [0.1, 0.15) is 182 Å². The number of H-pyrrole nitrogens is 7. The van der Waals surface area contributed by atoms with Gasteiger partial charge >= 0.3 is 6.15 Å². The van der Waals surface area contributed by atoms with Gasteiger partial charge in [-0.25, -0.2) is 24.9 Å². The van der Waals surface area contributed by atoms with Crippen LogP contribution in [0.3, 0.4) is 0 Å². The third-order valence-corrected chi connectivity index (χ3v) is 25.2. The average Bonchev–Trinajstić information content (AvgIpc) is 1.65. The van der Waals surface area contributed by atoms with Crippen LogP contribution in [-0.4, -0.2) is 189 Å². The average molecular weight is 1660 g/mol. The molecule has 5 fully saturated rings. The molecule has 642 valence electrons. The van der Waals surface area contributed by atoms with Crippen LogP contribution in [0, 0.1) is 29.6 Å². The van der Waals surface area contributed by atoms with E-state index in [4.69, 9.17) is 15.3 Å². The Morgan fingerprint density at radius 3 is 1.16 bits per heavy atom. The molecule has 0 bridgehead atoms. The lowest BCUT2D eigenvalue weighted by molar-refractivity contribution is -0.191. The van der Waals surface area contributed by atoms with E-state index in [0.29, 0.717) is 47.9 Å². The number of aliphatic hydroxyl groups is 10. The Balaban J connectivity index is 0.000000130. The van der Waals surface area contributed by atoms with Crippen LogP contribution in [0.5, 0.6) is 0 Å². The highest BCUT2D eigenvalue weighted by atomic mass is 16.3. The fraction of sp³-hybridized carbons (Fsp3) is 0.391. The normalized spacial score (nSPS) is 27.7. The van der Waals surface area contributed by atoms with E-state index >= 15 is 0 Å². The number of carbonyl (C=O) groups excluding carboxylic acids is 2. The molecule has 5 aliphatic carbocycles. The predicted octanol–water partition coefficient (Wildman–Crippen LogP) is 9.56. The number of unbranched alkanes of at least 4 members (excludes halogenated alkanes) is 3. The smallest absolute Gasteiger partial charge is 0.373 e. The van der Waals surface area contributed by atoms with Crippen molar-refractivity contribution < 1.29 is 60.7 Å². The zero-order valence-electron chi connectivity index (χ0n) is 67.9. The lowest BCUT2D eigenvalue weighted by Gasteiger charge is -2.18. The number of aryl methyl sites for hydroxylation is 1. The fourth-order valence-corrected chi connectivity index (χ4v) is 18.6. The summed E-state index contributed by atoms with van der Waals surface area (Å²) in [6.45, 7) is 14.7. The number of nitrogens with one attached hydrogen (secondary N) is 10. The van der Waals surface area contributed by atoms with E-state index < -0.39 is 61.0 Å². The Morgan fingerprint density at radius 1 is 0.418 bits per heavy atom. The third kappa shape index (κ3) is 19.6. The minimum Gasteiger partial charge on any atom is -0.390 e. The maximum Gasteiger partial charge on any atom is 0.373 e. The minimum absolute atomic E-state index is 0.0649. The molecule has 10 heterocycles.